The van der Waals surface area contributed by atoms with Crippen LogP contribution in [0.4, 0.5) is 0 Å². The number of rotatable bonds is 7. The Labute approximate surface area is 155 Å². The molecule has 140 valence electrons. The number of carbonyl (C=O) groups is 2. The van der Waals surface area contributed by atoms with Gasteiger partial charge in [-0.3, -0.25) is 14.5 Å². The van der Waals surface area contributed by atoms with Gasteiger partial charge in [0.15, 0.2) is 0 Å². The summed E-state index contributed by atoms with van der Waals surface area (Å²) in [7, 11) is 1.62. The Morgan fingerprint density at radius 2 is 1.69 bits per heavy atom. The molecule has 0 unspecified atom stereocenters. The molecule has 0 spiro atoms. The molecule has 0 bridgehead atoms. The van der Waals surface area contributed by atoms with Crippen molar-refractivity contribution in [2.24, 2.45) is 0 Å². The lowest BCUT2D eigenvalue weighted by Crippen LogP contribution is -2.47. The minimum atomic E-state index is -0.190. The largest absolute Gasteiger partial charge is 0.385 e. The number of carbonyl (C=O) groups excluding carboxylic acids is 2. The molecule has 26 heavy (non-hydrogen) atoms. The van der Waals surface area contributed by atoms with Gasteiger partial charge in [0, 0.05) is 46.4 Å². The van der Waals surface area contributed by atoms with E-state index in [0.717, 1.165) is 38.3 Å². The molecule has 2 aliphatic heterocycles. The van der Waals surface area contributed by atoms with E-state index in [0.29, 0.717) is 30.8 Å². The second-order valence-corrected chi connectivity index (χ2v) is 6.62. The predicted octanol–water partition coefficient (Wildman–Crippen LogP) is 1.44. The summed E-state index contributed by atoms with van der Waals surface area (Å²) in [5.74, 6) is -0.361. The topological polar surface area (TPSA) is 53.1 Å². The number of imide groups is 1. The van der Waals surface area contributed by atoms with Gasteiger partial charge in [0.25, 0.3) is 11.8 Å². The molecule has 0 atom stereocenters. The van der Waals surface area contributed by atoms with Gasteiger partial charge in [-0.2, -0.15) is 0 Å². The Morgan fingerprint density at radius 1 is 1.00 bits per heavy atom. The molecule has 1 fully saturated rings. The Morgan fingerprint density at radius 3 is 2.31 bits per heavy atom. The number of piperazine rings is 1. The van der Waals surface area contributed by atoms with Crippen molar-refractivity contribution in [3.05, 3.63) is 41.6 Å². The van der Waals surface area contributed by atoms with Gasteiger partial charge in [-0.05, 0) is 18.5 Å². The molecule has 2 amide bonds. The number of nitrogens with zero attached hydrogens (tertiary/aromatic N) is 3. The first-order valence-corrected chi connectivity index (χ1v) is 9.29. The number of ether oxygens (including phenoxy) is 1. The molecule has 0 N–H and O–H groups in total. The second kappa shape index (κ2) is 8.47. The fraction of sp³-hybridized carbons (Fsp3) is 0.500. The van der Waals surface area contributed by atoms with Crippen molar-refractivity contribution in [2.45, 2.75) is 13.3 Å². The summed E-state index contributed by atoms with van der Waals surface area (Å²) in [6.45, 7) is 7.43. The lowest BCUT2D eigenvalue weighted by Gasteiger charge is -2.36. The van der Waals surface area contributed by atoms with Crippen molar-refractivity contribution in [3.8, 4) is 0 Å². The molecular weight excluding hydrogens is 330 g/mol. The maximum atomic E-state index is 13.1. The smallest absolute Gasteiger partial charge is 0.277 e. The molecule has 0 aliphatic carbocycles. The van der Waals surface area contributed by atoms with Crippen LogP contribution in [0.15, 0.2) is 36.0 Å². The molecule has 1 aromatic carbocycles. The van der Waals surface area contributed by atoms with Crippen LogP contribution in [0.5, 0.6) is 0 Å². The van der Waals surface area contributed by atoms with Gasteiger partial charge >= 0.3 is 0 Å². The van der Waals surface area contributed by atoms with Gasteiger partial charge < -0.3 is 14.5 Å². The molecular formula is C20H27N3O3. The number of hydrogen-bond acceptors (Lipinski definition) is 5. The monoisotopic (exact) mass is 357 g/mol. The summed E-state index contributed by atoms with van der Waals surface area (Å²) in [6, 6.07) is 9.53. The number of hydrogen-bond donors (Lipinski definition) is 0. The molecule has 1 saturated heterocycles. The summed E-state index contributed by atoms with van der Waals surface area (Å²) in [4.78, 5) is 32.0. The van der Waals surface area contributed by atoms with Crippen molar-refractivity contribution >= 4 is 17.4 Å². The third kappa shape index (κ3) is 3.66. The number of methoxy groups -OCH3 is 1. The number of benzene rings is 1. The van der Waals surface area contributed by atoms with Crippen LogP contribution in [0.25, 0.3) is 5.57 Å². The Hall–Kier alpha value is -2.18. The maximum Gasteiger partial charge on any atom is 0.277 e. The van der Waals surface area contributed by atoms with Crippen LogP contribution in [0.1, 0.15) is 18.9 Å². The third-order valence-corrected chi connectivity index (χ3v) is 5.07. The molecule has 3 rings (SSSR count). The summed E-state index contributed by atoms with van der Waals surface area (Å²) in [6.07, 6.45) is 0.646. The quantitative estimate of drug-likeness (QED) is 0.546. The third-order valence-electron chi connectivity index (χ3n) is 5.07. The Kier molecular flexibility index (Phi) is 6.06. The van der Waals surface area contributed by atoms with Crippen LogP contribution in [-0.2, 0) is 14.3 Å². The van der Waals surface area contributed by atoms with E-state index in [9.17, 15) is 9.59 Å². The van der Waals surface area contributed by atoms with E-state index in [1.54, 1.807) is 7.11 Å². The predicted molar refractivity (Wildman–Crippen MR) is 100 cm³/mol. The molecule has 6 heteroatoms. The fourth-order valence-corrected chi connectivity index (χ4v) is 3.58. The number of likely N-dealkylation sites (N-methyl/N-ethyl adjacent to an activating group) is 1. The zero-order valence-electron chi connectivity index (χ0n) is 15.6. The van der Waals surface area contributed by atoms with Crippen molar-refractivity contribution in [3.63, 3.8) is 0 Å². The maximum absolute atomic E-state index is 13.1. The molecule has 6 nitrogen and oxygen atoms in total. The van der Waals surface area contributed by atoms with E-state index in [1.165, 1.54) is 4.90 Å². The zero-order valence-corrected chi connectivity index (χ0v) is 15.6. The van der Waals surface area contributed by atoms with E-state index in [1.807, 2.05) is 30.3 Å². The van der Waals surface area contributed by atoms with Crippen LogP contribution in [-0.4, -0.2) is 79.5 Å². The van der Waals surface area contributed by atoms with Crippen LogP contribution in [0.2, 0.25) is 0 Å². The van der Waals surface area contributed by atoms with E-state index < -0.39 is 0 Å². The first-order chi connectivity index (χ1) is 12.7. The first kappa shape index (κ1) is 18.6. The summed E-state index contributed by atoms with van der Waals surface area (Å²) in [5, 5.41) is 0. The van der Waals surface area contributed by atoms with Crippen molar-refractivity contribution in [1.82, 2.24) is 14.7 Å². The highest BCUT2D eigenvalue weighted by atomic mass is 16.5. The van der Waals surface area contributed by atoms with Crippen molar-refractivity contribution in [2.75, 3.05) is 53.0 Å². The Balaban J connectivity index is 1.90. The lowest BCUT2D eigenvalue weighted by molar-refractivity contribution is -0.137. The van der Waals surface area contributed by atoms with Crippen LogP contribution >= 0.6 is 0 Å². The van der Waals surface area contributed by atoms with Gasteiger partial charge in [-0.25, -0.2) is 0 Å². The SMILES string of the molecule is CCN1CCN(C2=C(c3ccccc3)C(=O)N(CCCOC)C2=O)CC1. The molecule has 1 aromatic rings. The van der Waals surface area contributed by atoms with Crippen LogP contribution in [0.3, 0.4) is 0 Å². The van der Waals surface area contributed by atoms with Crippen molar-refractivity contribution in [1.29, 1.82) is 0 Å². The molecule has 0 saturated carbocycles. The zero-order chi connectivity index (χ0) is 18.5. The summed E-state index contributed by atoms with van der Waals surface area (Å²) >= 11 is 0. The fourth-order valence-electron chi connectivity index (χ4n) is 3.58. The highest BCUT2D eigenvalue weighted by Crippen LogP contribution is 2.32. The standard InChI is InChI=1S/C20H27N3O3/c1-3-21-11-13-22(14-12-21)18-17(16-8-5-4-6-9-16)19(24)23(20(18)25)10-7-15-26-2/h4-6,8-9H,3,7,10-15H2,1-2H3. The van der Waals surface area contributed by atoms with Gasteiger partial charge in [-0.15, -0.1) is 0 Å². The van der Waals surface area contributed by atoms with Gasteiger partial charge in [0.05, 0.1) is 5.57 Å². The summed E-state index contributed by atoms with van der Waals surface area (Å²) < 4.78 is 5.07. The highest BCUT2D eigenvalue weighted by Gasteiger charge is 2.41. The normalized spacial score (nSPS) is 19.0. The van der Waals surface area contributed by atoms with E-state index in [-0.39, 0.29) is 11.8 Å². The van der Waals surface area contributed by atoms with E-state index in [4.69, 9.17) is 4.74 Å². The van der Waals surface area contributed by atoms with Gasteiger partial charge in [0.1, 0.15) is 5.70 Å². The Bertz CT molecular complexity index is 679. The minimum absolute atomic E-state index is 0.171. The molecule has 2 heterocycles. The van der Waals surface area contributed by atoms with Gasteiger partial charge in [-0.1, -0.05) is 37.3 Å². The average Bonchev–Trinajstić information content (AvgIpc) is 2.93. The van der Waals surface area contributed by atoms with E-state index in [2.05, 4.69) is 16.7 Å². The van der Waals surface area contributed by atoms with Crippen LogP contribution < -0.4 is 0 Å². The van der Waals surface area contributed by atoms with Crippen molar-refractivity contribution < 1.29 is 14.3 Å². The van der Waals surface area contributed by atoms with E-state index >= 15 is 0 Å². The molecule has 0 radical (unpaired) electrons. The summed E-state index contributed by atoms with van der Waals surface area (Å²) in [5.41, 5.74) is 1.92. The molecule has 0 aromatic heterocycles. The van der Waals surface area contributed by atoms with Crippen LogP contribution in [0, 0.1) is 0 Å². The minimum Gasteiger partial charge on any atom is -0.385 e. The second-order valence-electron chi connectivity index (χ2n) is 6.62. The number of amides is 2. The average molecular weight is 357 g/mol. The lowest BCUT2D eigenvalue weighted by atomic mass is 10.0. The molecule has 2 aliphatic rings. The van der Waals surface area contributed by atoms with Gasteiger partial charge in [0.2, 0.25) is 0 Å². The highest BCUT2D eigenvalue weighted by molar-refractivity contribution is 6.35. The first-order valence-electron chi connectivity index (χ1n) is 9.29.